The van der Waals surface area contributed by atoms with E-state index in [1.807, 2.05) is 46.8 Å². The number of carbonyl (C=O) groups is 1. The van der Waals surface area contributed by atoms with Crippen LogP contribution in [0.2, 0.25) is 5.02 Å². The van der Waals surface area contributed by atoms with Crippen LogP contribution in [0.4, 0.5) is 0 Å². The van der Waals surface area contributed by atoms with Gasteiger partial charge in [-0.05, 0) is 37.3 Å². The molecule has 0 radical (unpaired) electrons. The molecule has 1 aliphatic rings. The minimum Gasteiger partial charge on any atom is -0.383 e. The smallest absolute Gasteiger partial charge is 0.264 e. The van der Waals surface area contributed by atoms with Crippen molar-refractivity contribution in [3.8, 4) is 5.69 Å². The summed E-state index contributed by atoms with van der Waals surface area (Å²) in [6.07, 6.45) is 0. The molecule has 0 N–H and O–H groups in total. The van der Waals surface area contributed by atoms with Crippen molar-refractivity contribution < 1.29 is 9.53 Å². The maximum Gasteiger partial charge on any atom is 0.264 e. The molecule has 6 nitrogen and oxygen atoms in total. The third kappa shape index (κ3) is 3.80. The monoisotopic (exact) mass is 418 g/mol. The normalized spacial score (nSPS) is 15.5. The molecule has 0 aliphatic carbocycles. The molecule has 1 aliphatic heterocycles. The minimum absolute atomic E-state index is 0.106. The second kappa shape index (κ2) is 8.21. The number of methoxy groups -OCH3 is 1. The van der Waals surface area contributed by atoms with E-state index < -0.39 is 0 Å². The molecule has 2 aromatic heterocycles. The molecule has 1 fully saturated rings. The van der Waals surface area contributed by atoms with Crippen LogP contribution in [-0.2, 0) is 4.74 Å². The zero-order valence-electron chi connectivity index (χ0n) is 16.0. The Morgan fingerprint density at radius 3 is 2.61 bits per heavy atom. The zero-order chi connectivity index (χ0) is 19.7. The van der Waals surface area contributed by atoms with Crippen LogP contribution < -0.4 is 0 Å². The van der Waals surface area contributed by atoms with Crippen molar-refractivity contribution >= 4 is 39.1 Å². The van der Waals surface area contributed by atoms with Crippen molar-refractivity contribution in [1.29, 1.82) is 0 Å². The fourth-order valence-electron chi connectivity index (χ4n) is 3.46. The summed E-state index contributed by atoms with van der Waals surface area (Å²) in [5, 5.41) is 6.36. The summed E-state index contributed by atoms with van der Waals surface area (Å²) in [6, 6.07) is 9.56. The maximum atomic E-state index is 13.0. The van der Waals surface area contributed by atoms with E-state index in [2.05, 4.69) is 10.00 Å². The molecule has 1 saturated heterocycles. The highest BCUT2D eigenvalue weighted by Gasteiger charge is 2.25. The Balaban J connectivity index is 1.54. The summed E-state index contributed by atoms with van der Waals surface area (Å²) in [4.78, 5) is 19.1. The van der Waals surface area contributed by atoms with Crippen LogP contribution in [0, 0.1) is 6.92 Å². The minimum atomic E-state index is 0.106. The van der Waals surface area contributed by atoms with Crippen molar-refractivity contribution in [3.63, 3.8) is 0 Å². The first-order chi connectivity index (χ1) is 13.6. The van der Waals surface area contributed by atoms with Crippen molar-refractivity contribution in [2.24, 2.45) is 0 Å². The van der Waals surface area contributed by atoms with Gasteiger partial charge < -0.3 is 9.64 Å². The SMILES string of the molecule is COCCN1CCN(C(=O)c2cc3c(C)nn(-c4ccc(Cl)cc4)c3s2)CC1. The molecule has 28 heavy (non-hydrogen) atoms. The number of aryl methyl sites for hydroxylation is 1. The average molecular weight is 419 g/mol. The number of hydrogen-bond acceptors (Lipinski definition) is 5. The standard InChI is InChI=1S/C20H23ClN4O2S/c1-14-17-13-18(19(26)24-9-7-23(8-10-24)11-12-27-2)28-20(17)25(22-14)16-5-3-15(21)4-6-16/h3-6,13H,7-12H2,1-2H3. The molecule has 1 aromatic carbocycles. The van der Waals surface area contributed by atoms with Crippen LogP contribution in [0.25, 0.3) is 15.9 Å². The van der Waals surface area contributed by atoms with E-state index >= 15 is 0 Å². The third-order valence-corrected chi connectivity index (χ3v) is 6.45. The molecule has 0 bridgehead atoms. The number of ether oxygens (including phenoxy) is 1. The summed E-state index contributed by atoms with van der Waals surface area (Å²) in [5.41, 5.74) is 1.86. The van der Waals surface area contributed by atoms with Gasteiger partial charge in [0.2, 0.25) is 0 Å². The lowest BCUT2D eigenvalue weighted by Gasteiger charge is -2.34. The molecular formula is C20H23ClN4O2S. The Morgan fingerprint density at radius 1 is 1.21 bits per heavy atom. The number of halogens is 1. The summed E-state index contributed by atoms with van der Waals surface area (Å²) < 4.78 is 7.04. The van der Waals surface area contributed by atoms with E-state index in [0.717, 1.165) is 65.8 Å². The molecule has 1 amide bonds. The van der Waals surface area contributed by atoms with Gasteiger partial charge >= 0.3 is 0 Å². The van der Waals surface area contributed by atoms with Crippen LogP contribution in [0.15, 0.2) is 30.3 Å². The van der Waals surface area contributed by atoms with E-state index in [9.17, 15) is 4.79 Å². The average Bonchev–Trinajstić information content (AvgIpc) is 3.28. The van der Waals surface area contributed by atoms with Gasteiger partial charge in [-0.25, -0.2) is 4.68 Å². The lowest BCUT2D eigenvalue weighted by atomic mass is 10.2. The number of piperazine rings is 1. The highest BCUT2D eigenvalue weighted by Crippen LogP contribution is 2.31. The second-order valence-corrected chi connectivity index (χ2v) is 8.40. The molecule has 4 rings (SSSR count). The molecule has 0 unspecified atom stereocenters. The Labute approximate surface area is 173 Å². The Hall–Kier alpha value is -1.93. The van der Waals surface area contributed by atoms with E-state index in [1.54, 1.807) is 7.11 Å². The molecule has 0 saturated carbocycles. The summed E-state index contributed by atoms with van der Waals surface area (Å²) >= 11 is 7.51. The fourth-order valence-corrected chi connectivity index (χ4v) is 4.74. The van der Waals surface area contributed by atoms with Gasteiger partial charge in [0.05, 0.1) is 22.9 Å². The van der Waals surface area contributed by atoms with E-state index in [0.29, 0.717) is 5.02 Å². The quantitative estimate of drug-likeness (QED) is 0.636. The number of carbonyl (C=O) groups excluding carboxylic acids is 1. The summed E-state index contributed by atoms with van der Waals surface area (Å²) in [7, 11) is 1.72. The van der Waals surface area contributed by atoms with Gasteiger partial charge in [0, 0.05) is 50.2 Å². The van der Waals surface area contributed by atoms with Crippen molar-refractivity contribution in [2.75, 3.05) is 46.4 Å². The molecule has 8 heteroatoms. The van der Waals surface area contributed by atoms with Gasteiger partial charge in [-0.2, -0.15) is 5.10 Å². The first-order valence-corrected chi connectivity index (χ1v) is 10.5. The van der Waals surface area contributed by atoms with Gasteiger partial charge in [-0.1, -0.05) is 11.6 Å². The lowest BCUT2D eigenvalue weighted by molar-refractivity contribution is 0.0598. The van der Waals surface area contributed by atoms with Crippen LogP contribution in [-0.4, -0.2) is 71.9 Å². The highest BCUT2D eigenvalue weighted by molar-refractivity contribution is 7.20. The third-order valence-electron chi connectivity index (χ3n) is 5.10. The van der Waals surface area contributed by atoms with Gasteiger partial charge in [0.1, 0.15) is 4.83 Å². The first kappa shape index (κ1) is 19.4. The van der Waals surface area contributed by atoms with Crippen LogP contribution >= 0.6 is 22.9 Å². The number of nitrogens with zero attached hydrogens (tertiary/aromatic N) is 4. The number of amides is 1. The zero-order valence-corrected chi connectivity index (χ0v) is 17.6. The lowest BCUT2D eigenvalue weighted by Crippen LogP contribution is -2.49. The largest absolute Gasteiger partial charge is 0.383 e. The van der Waals surface area contributed by atoms with Crippen molar-refractivity contribution in [1.82, 2.24) is 19.6 Å². The van der Waals surface area contributed by atoms with E-state index in [-0.39, 0.29) is 5.91 Å². The van der Waals surface area contributed by atoms with Gasteiger partial charge in [-0.3, -0.25) is 9.69 Å². The van der Waals surface area contributed by atoms with Crippen LogP contribution in [0.1, 0.15) is 15.4 Å². The molecular weight excluding hydrogens is 396 g/mol. The Kier molecular flexibility index (Phi) is 5.68. The molecule has 0 spiro atoms. The van der Waals surface area contributed by atoms with Crippen LogP contribution in [0.5, 0.6) is 0 Å². The number of rotatable bonds is 5. The topological polar surface area (TPSA) is 50.6 Å². The van der Waals surface area contributed by atoms with Gasteiger partial charge in [0.25, 0.3) is 5.91 Å². The Bertz CT molecular complexity index is 974. The number of benzene rings is 1. The first-order valence-electron chi connectivity index (χ1n) is 9.32. The molecule has 3 aromatic rings. The van der Waals surface area contributed by atoms with Gasteiger partial charge in [0.15, 0.2) is 0 Å². The maximum absolute atomic E-state index is 13.0. The van der Waals surface area contributed by atoms with Crippen LogP contribution in [0.3, 0.4) is 0 Å². The number of hydrogen-bond donors (Lipinski definition) is 0. The summed E-state index contributed by atoms with van der Waals surface area (Å²) in [5.74, 6) is 0.106. The number of thiophene rings is 1. The molecule has 148 valence electrons. The predicted molar refractivity (Wildman–Crippen MR) is 113 cm³/mol. The summed E-state index contributed by atoms with van der Waals surface area (Å²) in [6.45, 7) is 6.89. The Morgan fingerprint density at radius 2 is 1.93 bits per heavy atom. The molecule has 3 heterocycles. The van der Waals surface area contributed by atoms with E-state index in [1.165, 1.54) is 11.3 Å². The predicted octanol–water partition coefficient (Wildman–Crippen LogP) is 3.45. The fraction of sp³-hybridized carbons (Fsp3) is 0.400. The number of aromatic nitrogens is 2. The van der Waals surface area contributed by atoms with Crippen molar-refractivity contribution in [2.45, 2.75) is 6.92 Å². The highest BCUT2D eigenvalue weighted by atomic mass is 35.5. The van der Waals surface area contributed by atoms with Gasteiger partial charge in [-0.15, -0.1) is 11.3 Å². The second-order valence-electron chi connectivity index (χ2n) is 6.93. The van der Waals surface area contributed by atoms with E-state index in [4.69, 9.17) is 16.3 Å². The van der Waals surface area contributed by atoms with Crippen molar-refractivity contribution in [3.05, 3.63) is 45.9 Å². The number of fused-ring (bicyclic) bond motifs is 1. The molecule has 0 atom stereocenters.